The molecule has 1 amide bonds. The summed E-state index contributed by atoms with van der Waals surface area (Å²) in [5, 5.41) is 2.17. The topological polar surface area (TPSA) is 29.1 Å². The summed E-state index contributed by atoms with van der Waals surface area (Å²) < 4.78 is 27.8. The van der Waals surface area contributed by atoms with Gasteiger partial charge < -0.3 is 5.32 Å². The largest absolute Gasteiger partial charge is 0.322 e. The fraction of sp³-hybridized carbons (Fsp3) is 0.0714. The van der Waals surface area contributed by atoms with Crippen LogP contribution in [0.1, 0.15) is 15.9 Å². The number of halogens is 4. The Labute approximate surface area is 127 Å². The molecule has 0 aromatic heterocycles. The van der Waals surface area contributed by atoms with Crippen LogP contribution < -0.4 is 5.32 Å². The first kappa shape index (κ1) is 14.9. The zero-order chi connectivity index (χ0) is 14.9. The predicted molar refractivity (Wildman–Crippen MR) is 78.2 cm³/mol. The predicted octanol–water partition coefficient (Wildman–Crippen LogP) is 4.94. The highest BCUT2D eigenvalue weighted by Crippen LogP contribution is 2.25. The lowest BCUT2D eigenvalue weighted by molar-refractivity contribution is 0.102. The molecule has 0 saturated carbocycles. The third kappa shape index (κ3) is 2.99. The molecular formula is C14H9BrClF2NO. The van der Waals surface area contributed by atoms with Crippen LogP contribution in [-0.4, -0.2) is 5.91 Å². The SMILES string of the molecule is Cc1c(Br)cccc1NC(=O)c1cc(F)c(Cl)cc1F. The second-order valence-electron chi connectivity index (χ2n) is 4.11. The van der Waals surface area contributed by atoms with E-state index < -0.39 is 23.1 Å². The molecule has 0 spiro atoms. The van der Waals surface area contributed by atoms with Crippen LogP contribution in [0.4, 0.5) is 14.5 Å². The first-order chi connectivity index (χ1) is 9.40. The number of carbonyl (C=O) groups is 1. The molecule has 0 saturated heterocycles. The summed E-state index contributed by atoms with van der Waals surface area (Å²) in [5.41, 5.74) is 0.904. The third-order valence-electron chi connectivity index (χ3n) is 2.77. The zero-order valence-corrected chi connectivity index (χ0v) is 12.6. The van der Waals surface area contributed by atoms with Crippen molar-refractivity contribution in [2.24, 2.45) is 0 Å². The number of rotatable bonds is 2. The molecule has 20 heavy (non-hydrogen) atoms. The molecule has 2 aromatic rings. The molecule has 0 bridgehead atoms. The first-order valence-electron chi connectivity index (χ1n) is 5.61. The van der Waals surface area contributed by atoms with E-state index in [1.165, 1.54) is 0 Å². The van der Waals surface area contributed by atoms with E-state index in [-0.39, 0.29) is 5.02 Å². The molecule has 2 aromatic carbocycles. The Morgan fingerprint density at radius 3 is 2.65 bits per heavy atom. The molecule has 0 atom stereocenters. The quantitative estimate of drug-likeness (QED) is 0.755. The average molecular weight is 361 g/mol. The summed E-state index contributed by atoms with van der Waals surface area (Å²) in [5.74, 6) is -2.45. The van der Waals surface area contributed by atoms with Gasteiger partial charge in [0.15, 0.2) is 0 Å². The van der Waals surface area contributed by atoms with Gasteiger partial charge in [-0.2, -0.15) is 0 Å². The molecule has 0 fully saturated rings. The average Bonchev–Trinajstić information content (AvgIpc) is 2.39. The molecule has 0 radical (unpaired) electrons. The summed E-state index contributed by atoms with van der Waals surface area (Å²) in [6, 6.07) is 6.76. The van der Waals surface area contributed by atoms with Gasteiger partial charge in [-0.3, -0.25) is 4.79 Å². The van der Waals surface area contributed by atoms with Crippen LogP contribution in [0.3, 0.4) is 0 Å². The monoisotopic (exact) mass is 359 g/mol. The summed E-state index contributed by atoms with van der Waals surface area (Å²) in [4.78, 5) is 12.0. The minimum Gasteiger partial charge on any atom is -0.322 e. The van der Waals surface area contributed by atoms with Crippen LogP contribution in [0, 0.1) is 18.6 Å². The molecule has 0 aliphatic rings. The molecule has 2 rings (SSSR count). The van der Waals surface area contributed by atoms with Crippen molar-refractivity contribution < 1.29 is 13.6 Å². The van der Waals surface area contributed by atoms with Crippen LogP contribution in [0.15, 0.2) is 34.8 Å². The Balaban J connectivity index is 2.33. The fourth-order valence-electron chi connectivity index (χ4n) is 1.63. The van der Waals surface area contributed by atoms with Gasteiger partial charge in [-0.15, -0.1) is 0 Å². The van der Waals surface area contributed by atoms with E-state index in [2.05, 4.69) is 21.2 Å². The van der Waals surface area contributed by atoms with E-state index in [0.29, 0.717) is 5.69 Å². The van der Waals surface area contributed by atoms with Crippen molar-refractivity contribution in [3.63, 3.8) is 0 Å². The third-order valence-corrected chi connectivity index (χ3v) is 3.92. The van der Waals surface area contributed by atoms with Crippen molar-refractivity contribution in [2.45, 2.75) is 6.92 Å². The zero-order valence-electron chi connectivity index (χ0n) is 10.3. The number of hydrogen-bond donors (Lipinski definition) is 1. The summed E-state index contributed by atoms with van der Waals surface area (Å²) in [6.07, 6.45) is 0. The molecule has 0 aliphatic carbocycles. The van der Waals surface area contributed by atoms with Crippen LogP contribution >= 0.6 is 27.5 Å². The van der Waals surface area contributed by atoms with Gasteiger partial charge in [0, 0.05) is 10.2 Å². The van der Waals surface area contributed by atoms with Crippen molar-refractivity contribution in [1.29, 1.82) is 0 Å². The van der Waals surface area contributed by atoms with Crippen LogP contribution in [-0.2, 0) is 0 Å². The molecule has 104 valence electrons. The van der Waals surface area contributed by atoms with Gasteiger partial charge in [-0.05, 0) is 36.8 Å². The van der Waals surface area contributed by atoms with E-state index in [4.69, 9.17) is 11.6 Å². The maximum absolute atomic E-state index is 13.6. The van der Waals surface area contributed by atoms with Gasteiger partial charge >= 0.3 is 0 Å². The summed E-state index contributed by atoms with van der Waals surface area (Å²) in [6.45, 7) is 1.79. The highest BCUT2D eigenvalue weighted by Gasteiger charge is 2.16. The summed E-state index contributed by atoms with van der Waals surface area (Å²) in [7, 11) is 0. The molecule has 2 nitrogen and oxygen atoms in total. The number of nitrogens with one attached hydrogen (secondary N) is 1. The summed E-state index contributed by atoms with van der Waals surface area (Å²) >= 11 is 8.77. The Bertz CT molecular complexity index is 691. The van der Waals surface area contributed by atoms with Gasteiger partial charge in [-0.25, -0.2) is 8.78 Å². The van der Waals surface area contributed by atoms with E-state index in [1.807, 2.05) is 6.07 Å². The number of carbonyl (C=O) groups excluding carboxylic acids is 1. The van der Waals surface area contributed by atoms with Gasteiger partial charge in [0.2, 0.25) is 0 Å². The van der Waals surface area contributed by atoms with E-state index >= 15 is 0 Å². The number of anilines is 1. The van der Waals surface area contributed by atoms with Crippen LogP contribution in [0.2, 0.25) is 5.02 Å². The Morgan fingerprint density at radius 2 is 1.95 bits per heavy atom. The van der Waals surface area contributed by atoms with E-state index in [1.54, 1.807) is 19.1 Å². The molecule has 0 unspecified atom stereocenters. The van der Waals surface area contributed by atoms with Crippen molar-refractivity contribution in [3.8, 4) is 0 Å². The molecule has 1 N–H and O–H groups in total. The van der Waals surface area contributed by atoms with Gasteiger partial charge in [0.1, 0.15) is 11.6 Å². The minimum absolute atomic E-state index is 0.363. The van der Waals surface area contributed by atoms with Crippen molar-refractivity contribution in [1.82, 2.24) is 0 Å². The molecule has 0 aliphatic heterocycles. The Kier molecular flexibility index (Phi) is 4.40. The molecule has 0 heterocycles. The number of amides is 1. The smallest absolute Gasteiger partial charge is 0.258 e. The first-order valence-corrected chi connectivity index (χ1v) is 6.78. The van der Waals surface area contributed by atoms with Gasteiger partial charge in [0.05, 0.1) is 10.6 Å². The van der Waals surface area contributed by atoms with Crippen molar-refractivity contribution in [2.75, 3.05) is 5.32 Å². The standard InChI is InChI=1S/C14H9BrClF2NO/c1-7-9(15)3-2-4-13(7)19-14(20)8-5-12(18)10(16)6-11(8)17/h2-6H,1H3,(H,19,20). The van der Waals surface area contributed by atoms with E-state index in [0.717, 1.165) is 22.2 Å². The van der Waals surface area contributed by atoms with Gasteiger partial charge in [0.25, 0.3) is 5.91 Å². The number of hydrogen-bond acceptors (Lipinski definition) is 1. The Morgan fingerprint density at radius 1 is 1.25 bits per heavy atom. The van der Waals surface area contributed by atoms with Crippen molar-refractivity contribution >= 4 is 39.1 Å². The lowest BCUT2D eigenvalue weighted by Crippen LogP contribution is -2.15. The fourth-order valence-corrected chi connectivity index (χ4v) is 2.15. The lowest BCUT2D eigenvalue weighted by atomic mass is 10.1. The van der Waals surface area contributed by atoms with Crippen LogP contribution in [0.25, 0.3) is 0 Å². The highest BCUT2D eigenvalue weighted by atomic mass is 79.9. The van der Waals surface area contributed by atoms with Crippen molar-refractivity contribution in [3.05, 3.63) is 62.6 Å². The maximum atomic E-state index is 13.6. The normalized spacial score (nSPS) is 10.4. The lowest BCUT2D eigenvalue weighted by Gasteiger charge is -2.10. The second kappa shape index (κ2) is 5.89. The maximum Gasteiger partial charge on any atom is 0.258 e. The molecular weight excluding hydrogens is 352 g/mol. The second-order valence-corrected chi connectivity index (χ2v) is 5.37. The Hall–Kier alpha value is -1.46. The van der Waals surface area contributed by atoms with E-state index in [9.17, 15) is 13.6 Å². The van der Waals surface area contributed by atoms with Gasteiger partial charge in [-0.1, -0.05) is 33.6 Å². The molecule has 6 heteroatoms. The minimum atomic E-state index is -0.874. The number of benzene rings is 2. The highest BCUT2D eigenvalue weighted by molar-refractivity contribution is 9.10. The van der Waals surface area contributed by atoms with Crippen LogP contribution in [0.5, 0.6) is 0 Å².